The molecule has 0 aliphatic heterocycles. The molecule has 3 heterocycles. The number of H-pyrrole nitrogens is 2. The summed E-state index contributed by atoms with van der Waals surface area (Å²) in [5.41, 5.74) is 3.40. The van der Waals surface area contributed by atoms with Crippen molar-refractivity contribution in [2.24, 2.45) is 0 Å². The second-order valence-electron chi connectivity index (χ2n) is 6.75. The average Bonchev–Trinajstić information content (AvgIpc) is 3.14. The van der Waals surface area contributed by atoms with Crippen LogP contribution in [0.15, 0.2) is 46.4 Å². The van der Waals surface area contributed by atoms with E-state index in [9.17, 15) is 14.7 Å². The van der Waals surface area contributed by atoms with Crippen LogP contribution in [0.4, 0.5) is 0 Å². The Hall–Kier alpha value is -3.81. The molecule has 5 rings (SSSR count). The lowest BCUT2D eigenvalue weighted by molar-refractivity contribution is 0.451. The fourth-order valence-corrected chi connectivity index (χ4v) is 3.85. The number of pyridine rings is 1. The quantitative estimate of drug-likeness (QED) is 0.493. The Morgan fingerprint density at radius 3 is 2.68 bits per heavy atom. The van der Waals surface area contributed by atoms with E-state index in [1.54, 1.807) is 6.20 Å². The number of benzene rings is 1. The second kappa shape index (κ2) is 6.12. The third kappa shape index (κ3) is 2.50. The molecule has 138 valence electrons. The van der Waals surface area contributed by atoms with Gasteiger partial charge in [0.05, 0.1) is 11.1 Å². The van der Waals surface area contributed by atoms with Gasteiger partial charge < -0.3 is 5.11 Å². The number of aromatic nitrogens is 5. The summed E-state index contributed by atoms with van der Waals surface area (Å²) >= 11 is 0. The Kier molecular flexibility index (Phi) is 3.58. The largest absolute Gasteiger partial charge is 0.494 e. The first-order chi connectivity index (χ1) is 13.6. The summed E-state index contributed by atoms with van der Waals surface area (Å²) in [6.07, 6.45) is 6.20. The van der Waals surface area contributed by atoms with E-state index in [2.05, 4.69) is 37.1 Å². The highest BCUT2D eigenvalue weighted by molar-refractivity contribution is 6.02. The highest BCUT2D eigenvalue weighted by Crippen LogP contribution is 2.36. The van der Waals surface area contributed by atoms with Crippen LogP contribution in [-0.2, 0) is 12.8 Å². The Morgan fingerprint density at radius 2 is 1.82 bits per heavy atom. The van der Waals surface area contributed by atoms with E-state index in [4.69, 9.17) is 0 Å². The third-order valence-corrected chi connectivity index (χ3v) is 5.10. The van der Waals surface area contributed by atoms with Gasteiger partial charge in [-0.15, -0.1) is 0 Å². The average molecular weight is 373 g/mol. The van der Waals surface area contributed by atoms with Crippen LogP contribution in [0.3, 0.4) is 0 Å². The van der Waals surface area contributed by atoms with Gasteiger partial charge in [-0.1, -0.05) is 18.2 Å². The molecule has 1 aliphatic rings. The fraction of sp³-hybridized carbons (Fsp3) is 0.150. The summed E-state index contributed by atoms with van der Waals surface area (Å²) in [6, 6.07) is 8.14. The number of aryl methyl sites for hydroxylation is 2. The predicted molar refractivity (Wildman–Crippen MR) is 103 cm³/mol. The molecule has 3 aromatic heterocycles. The lowest BCUT2D eigenvalue weighted by atomic mass is 9.97. The minimum absolute atomic E-state index is 0.123. The molecule has 0 atom stereocenters. The molecule has 0 fully saturated rings. The van der Waals surface area contributed by atoms with Gasteiger partial charge in [0.2, 0.25) is 5.88 Å². The van der Waals surface area contributed by atoms with Crippen LogP contribution < -0.4 is 11.2 Å². The van der Waals surface area contributed by atoms with Gasteiger partial charge in [0.15, 0.2) is 5.65 Å². The van der Waals surface area contributed by atoms with Gasteiger partial charge >= 0.3 is 5.69 Å². The summed E-state index contributed by atoms with van der Waals surface area (Å²) < 4.78 is 0. The first-order valence-corrected chi connectivity index (χ1v) is 8.89. The number of fused-ring (bicyclic) bond motifs is 2. The highest BCUT2D eigenvalue weighted by atomic mass is 16.3. The van der Waals surface area contributed by atoms with Crippen LogP contribution in [0.2, 0.25) is 0 Å². The van der Waals surface area contributed by atoms with E-state index in [1.807, 2.05) is 12.1 Å². The Bertz CT molecular complexity index is 1350. The normalized spacial score (nSPS) is 13.0. The van der Waals surface area contributed by atoms with Gasteiger partial charge in [-0.25, -0.2) is 19.7 Å². The summed E-state index contributed by atoms with van der Waals surface area (Å²) in [4.78, 5) is 40.9. The lowest BCUT2D eigenvalue weighted by Crippen LogP contribution is -2.23. The fourth-order valence-electron chi connectivity index (χ4n) is 3.85. The minimum atomic E-state index is -0.790. The third-order valence-electron chi connectivity index (χ3n) is 5.10. The zero-order chi connectivity index (χ0) is 19.3. The Morgan fingerprint density at radius 1 is 0.964 bits per heavy atom. The van der Waals surface area contributed by atoms with Crippen LogP contribution in [-0.4, -0.2) is 30.0 Å². The van der Waals surface area contributed by atoms with E-state index >= 15 is 0 Å². The Balaban J connectivity index is 1.84. The molecule has 0 radical (unpaired) electrons. The number of aromatic amines is 2. The van der Waals surface area contributed by atoms with Crippen molar-refractivity contribution in [1.29, 1.82) is 0 Å². The molecule has 8 heteroatoms. The Labute approximate surface area is 158 Å². The molecular formula is C20H15N5O3. The van der Waals surface area contributed by atoms with Gasteiger partial charge in [0, 0.05) is 6.20 Å². The molecular weight excluding hydrogens is 358 g/mol. The number of nitrogens with zero attached hydrogens (tertiary/aromatic N) is 3. The number of hydrogen-bond donors (Lipinski definition) is 3. The van der Waals surface area contributed by atoms with Crippen LogP contribution in [0.5, 0.6) is 5.88 Å². The highest BCUT2D eigenvalue weighted by Gasteiger charge is 2.20. The topological polar surface area (TPSA) is 125 Å². The van der Waals surface area contributed by atoms with E-state index in [1.165, 1.54) is 17.5 Å². The van der Waals surface area contributed by atoms with Gasteiger partial charge in [-0.05, 0) is 47.6 Å². The summed E-state index contributed by atoms with van der Waals surface area (Å²) in [6.45, 7) is 0. The molecule has 1 aromatic carbocycles. The SMILES string of the molecule is O=c1[nH]c(O)c(-c2ncnc3nccc(-c4ccc5c(c4)CCC5)c23)c(=O)[nH]1. The van der Waals surface area contributed by atoms with Crippen LogP contribution in [0, 0.1) is 0 Å². The number of nitrogens with one attached hydrogen (secondary N) is 2. The van der Waals surface area contributed by atoms with Crippen LogP contribution in [0.25, 0.3) is 33.4 Å². The van der Waals surface area contributed by atoms with Crippen LogP contribution in [0.1, 0.15) is 17.5 Å². The number of hydrogen-bond acceptors (Lipinski definition) is 6. The standard InChI is InChI=1S/C20H15N5O3/c26-18-15(19(27)25-20(28)24-18)16-14-13(6-7-21-17(14)23-9-22-16)12-5-4-10-2-1-3-11(10)8-12/h4-9H,1-3H2,(H3,24,25,26,27,28). The van der Waals surface area contributed by atoms with E-state index in [0.717, 1.165) is 30.4 Å². The monoisotopic (exact) mass is 373 g/mol. The van der Waals surface area contributed by atoms with Crippen molar-refractivity contribution in [2.45, 2.75) is 19.3 Å². The van der Waals surface area contributed by atoms with Crippen LogP contribution >= 0.6 is 0 Å². The summed E-state index contributed by atoms with van der Waals surface area (Å²) in [5.74, 6) is -0.544. The second-order valence-corrected chi connectivity index (χ2v) is 6.75. The first-order valence-electron chi connectivity index (χ1n) is 8.89. The molecule has 28 heavy (non-hydrogen) atoms. The summed E-state index contributed by atoms with van der Waals surface area (Å²) in [5, 5.41) is 10.8. The first kappa shape index (κ1) is 16.4. The predicted octanol–water partition coefficient (Wildman–Crippen LogP) is 1.93. The van der Waals surface area contributed by atoms with Crippen molar-refractivity contribution in [3.05, 3.63) is 68.8 Å². The van der Waals surface area contributed by atoms with Gasteiger partial charge in [-0.2, -0.15) is 0 Å². The molecule has 4 aromatic rings. The molecule has 3 N–H and O–H groups in total. The molecule has 0 saturated heterocycles. The zero-order valence-corrected chi connectivity index (χ0v) is 14.7. The zero-order valence-electron chi connectivity index (χ0n) is 14.7. The lowest BCUT2D eigenvalue weighted by Gasteiger charge is -2.11. The smallest absolute Gasteiger partial charge is 0.328 e. The maximum atomic E-state index is 12.4. The maximum Gasteiger partial charge on any atom is 0.328 e. The van der Waals surface area contributed by atoms with Crippen molar-refractivity contribution in [3.63, 3.8) is 0 Å². The number of aromatic hydroxyl groups is 1. The van der Waals surface area contributed by atoms with Crippen molar-refractivity contribution >= 4 is 11.0 Å². The molecule has 1 aliphatic carbocycles. The van der Waals surface area contributed by atoms with Gasteiger partial charge in [0.25, 0.3) is 5.56 Å². The molecule has 0 amide bonds. The van der Waals surface area contributed by atoms with E-state index < -0.39 is 17.1 Å². The number of rotatable bonds is 2. The van der Waals surface area contributed by atoms with Crippen molar-refractivity contribution < 1.29 is 5.11 Å². The van der Waals surface area contributed by atoms with E-state index in [-0.39, 0.29) is 11.3 Å². The van der Waals surface area contributed by atoms with Gasteiger partial charge in [-0.3, -0.25) is 14.8 Å². The van der Waals surface area contributed by atoms with Crippen molar-refractivity contribution in [2.75, 3.05) is 0 Å². The maximum absolute atomic E-state index is 12.4. The van der Waals surface area contributed by atoms with Crippen molar-refractivity contribution in [1.82, 2.24) is 24.9 Å². The van der Waals surface area contributed by atoms with Gasteiger partial charge in [0.1, 0.15) is 11.9 Å². The molecule has 0 spiro atoms. The molecule has 0 unspecified atom stereocenters. The molecule has 8 nitrogen and oxygen atoms in total. The molecule has 0 bridgehead atoms. The van der Waals surface area contributed by atoms with Crippen molar-refractivity contribution in [3.8, 4) is 28.3 Å². The summed E-state index contributed by atoms with van der Waals surface area (Å²) in [7, 11) is 0. The van der Waals surface area contributed by atoms with E-state index in [0.29, 0.717) is 11.0 Å². The minimum Gasteiger partial charge on any atom is -0.494 e. The molecule has 0 saturated carbocycles.